The number of para-hydroxylation sites is 1. The summed E-state index contributed by atoms with van der Waals surface area (Å²) in [5, 5.41) is 11.1. The van der Waals surface area contributed by atoms with Crippen LogP contribution in [0, 0.1) is 6.92 Å². The van der Waals surface area contributed by atoms with Crippen LogP contribution in [0.4, 0.5) is 5.82 Å². The Morgan fingerprint density at radius 1 is 1.23 bits per heavy atom. The number of carbonyl (C=O) groups is 1. The fourth-order valence-electron chi connectivity index (χ4n) is 3.54. The van der Waals surface area contributed by atoms with Crippen molar-refractivity contribution in [3.63, 3.8) is 0 Å². The van der Waals surface area contributed by atoms with Crippen LogP contribution >= 0.6 is 0 Å². The fourth-order valence-corrected chi connectivity index (χ4v) is 3.54. The van der Waals surface area contributed by atoms with Crippen LogP contribution in [0.25, 0.3) is 22.3 Å². The zero-order chi connectivity index (χ0) is 18.3. The van der Waals surface area contributed by atoms with E-state index in [1.165, 1.54) is 0 Å². The first-order valence-corrected chi connectivity index (χ1v) is 8.67. The molecule has 132 valence electrons. The first-order chi connectivity index (χ1) is 12.5. The Morgan fingerprint density at radius 2 is 2.04 bits per heavy atom. The zero-order valence-corrected chi connectivity index (χ0v) is 14.5. The summed E-state index contributed by atoms with van der Waals surface area (Å²) < 4.78 is 0. The number of phenols is 1. The molecule has 26 heavy (non-hydrogen) atoms. The minimum absolute atomic E-state index is 0.123. The number of aryl methyl sites for hydroxylation is 1. The van der Waals surface area contributed by atoms with Crippen LogP contribution in [0.5, 0.6) is 5.75 Å². The van der Waals surface area contributed by atoms with E-state index in [2.05, 4.69) is 4.98 Å². The molecule has 0 spiro atoms. The van der Waals surface area contributed by atoms with Crippen molar-refractivity contribution in [2.24, 2.45) is 5.73 Å². The molecule has 0 radical (unpaired) electrons. The summed E-state index contributed by atoms with van der Waals surface area (Å²) in [7, 11) is 0. The molecule has 2 aromatic carbocycles. The number of primary amides is 1. The van der Waals surface area contributed by atoms with E-state index in [4.69, 9.17) is 10.7 Å². The maximum absolute atomic E-state index is 11.9. The number of anilines is 1. The lowest BCUT2D eigenvalue weighted by atomic mass is 10.1. The van der Waals surface area contributed by atoms with Gasteiger partial charge in [0.15, 0.2) is 5.82 Å². The largest absolute Gasteiger partial charge is 0.507 e. The minimum atomic E-state index is -0.369. The van der Waals surface area contributed by atoms with Gasteiger partial charge in [-0.3, -0.25) is 4.79 Å². The molecule has 1 aliphatic rings. The molecule has 1 unspecified atom stereocenters. The highest BCUT2D eigenvalue weighted by atomic mass is 16.3. The molecule has 1 amide bonds. The van der Waals surface area contributed by atoms with Crippen molar-refractivity contribution < 1.29 is 9.90 Å². The Bertz CT molecular complexity index is 1000. The molecule has 1 atom stereocenters. The molecule has 0 bridgehead atoms. The van der Waals surface area contributed by atoms with Crippen LogP contribution < -0.4 is 10.6 Å². The maximum atomic E-state index is 11.9. The number of rotatable bonds is 3. The van der Waals surface area contributed by atoms with Gasteiger partial charge < -0.3 is 15.7 Å². The molecule has 2 heterocycles. The van der Waals surface area contributed by atoms with Crippen molar-refractivity contribution in [2.75, 3.05) is 11.4 Å². The van der Waals surface area contributed by atoms with E-state index >= 15 is 0 Å². The van der Waals surface area contributed by atoms with Gasteiger partial charge in [0.25, 0.3) is 0 Å². The quantitative estimate of drug-likeness (QED) is 0.759. The van der Waals surface area contributed by atoms with Crippen molar-refractivity contribution >= 4 is 22.6 Å². The lowest BCUT2D eigenvalue weighted by Gasteiger charge is -2.25. The summed E-state index contributed by atoms with van der Waals surface area (Å²) in [6.07, 6.45) is 1.61. The van der Waals surface area contributed by atoms with Gasteiger partial charge in [-0.2, -0.15) is 0 Å². The smallest absolute Gasteiger partial charge is 0.240 e. The third-order valence-electron chi connectivity index (χ3n) is 4.83. The predicted octanol–water partition coefficient (Wildman–Crippen LogP) is 2.76. The first kappa shape index (κ1) is 16.3. The molecule has 3 N–H and O–H groups in total. The standard InChI is InChI=1S/C20H20N4O2/c1-12-8-9-13-15(11-12)22-19(14-5-2-3-7-17(14)25)23-20(13)24-10-4-6-16(24)18(21)26/h2-3,5,7-9,11,16,25H,4,6,10H2,1H3,(H2,21,26). The van der Waals surface area contributed by atoms with E-state index in [-0.39, 0.29) is 17.7 Å². The molecule has 1 fully saturated rings. The number of aromatic hydroxyl groups is 1. The third-order valence-corrected chi connectivity index (χ3v) is 4.83. The number of nitrogens with zero attached hydrogens (tertiary/aromatic N) is 3. The number of benzene rings is 2. The Kier molecular flexibility index (Phi) is 3.95. The molecule has 6 heteroatoms. The second-order valence-electron chi connectivity index (χ2n) is 6.66. The van der Waals surface area contributed by atoms with Crippen LogP contribution in [-0.2, 0) is 4.79 Å². The predicted molar refractivity (Wildman–Crippen MR) is 101 cm³/mol. The normalized spacial score (nSPS) is 17.0. The van der Waals surface area contributed by atoms with Gasteiger partial charge in [0.2, 0.25) is 5.91 Å². The second kappa shape index (κ2) is 6.29. The van der Waals surface area contributed by atoms with Gasteiger partial charge in [0, 0.05) is 11.9 Å². The van der Waals surface area contributed by atoms with E-state index < -0.39 is 0 Å². The summed E-state index contributed by atoms with van der Waals surface area (Å²) in [6, 6.07) is 12.6. The van der Waals surface area contributed by atoms with Gasteiger partial charge in [-0.15, -0.1) is 0 Å². The van der Waals surface area contributed by atoms with E-state index in [0.29, 0.717) is 23.8 Å². The molecule has 1 aliphatic heterocycles. The average Bonchev–Trinajstić information content (AvgIpc) is 3.10. The van der Waals surface area contributed by atoms with Gasteiger partial charge >= 0.3 is 0 Å². The first-order valence-electron chi connectivity index (χ1n) is 8.67. The number of hydrogen-bond donors (Lipinski definition) is 2. The highest BCUT2D eigenvalue weighted by molar-refractivity contribution is 5.94. The lowest BCUT2D eigenvalue weighted by molar-refractivity contribution is -0.119. The Balaban J connectivity index is 1.96. The van der Waals surface area contributed by atoms with Crippen molar-refractivity contribution in [3.05, 3.63) is 48.0 Å². The van der Waals surface area contributed by atoms with Crippen molar-refractivity contribution in [1.82, 2.24) is 9.97 Å². The number of carbonyl (C=O) groups excluding carboxylic acids is 1. The number of aromatic nitrogens is 2. The molecule has 1 saturated heterocycles. The average molecular weight is 348 g/mol. The van der Waals surface area contributed by atoms with E-state index in [0.717, 1.165) is 29.3 Å². The van der Waals surface area contributed by atoms with E-state index in [9.17, 15) is 9.90 Å². The summed E-state index contributed by atoms with van der Waals surface area (Å²) in [4.78, 5) is 23.2. The molecule has 1 aromatic heterocycles. The van der Waals surface area contributed by atoms with Crippen molar-refractivity contribution in [1.29, 1.82) is 0 Å². The summed E-state index contributed by atoms with van der Waals surface area (Å²) in [6.45, 7) is 2.72. The van der Waals surface area contributed by atoms with Crippen LogP contribution in [0.15, 0.2) is 42.5 Å². The molecule has 3 aromatic rings. The summed E-state index contributed by atoms with van der Waals surface area (Å²) in [5.41, 5.74) is 8.03. The third kappa shape index (κ3) is 2.73. The van der Waals surface area contributed by atoms with Gasteiger partial charge in [-0.25, -0.2) is 9.97 Å². The highest BCUT2D eigenvalue weighted by Crippen LogP contribution is 2.34. The summed E-state index contributed by atoms with van der Waals surface area (Å²) in [5.74, 6) is 0.907. The Labute approximate surface area is 151 Å². The van der Waals surface area contributed by atoms with E-state index in [1.807, 2.05) is 36.1 Å². The van der Waals surface area contributed by atoms with Gasteiger partial charge in [0.1, 0.15) is 17.6 Å². The van der Waals surface area contributed by atoms with Crippen molar-refractivity contribution in [2.45, 2.75) is 25.8 Å². The highest BCUT2D eigenvalue weighted by Gasteiger charge is 2.31. The van der Waals surface area contributed by atoms with Gasteiger partial charge in [-0.1, -0.05) is 18.2 Å². The molecule has 4 rings (SSSR count). The molecule has 6 nitrogen and oxygen atoms in total. The van der Waals surface area contributed by atoms with Crippen LogP contribution in [0.1, 0.15) is 18.4 Å². The van der Waals surface area contributed by atoms with Crippen LogP contribution in [0.3, 0.4) is 0 Å². The topological polar surface area (TPSA) is 92.3 Å². The molecular weight excluding hydrogens is 328 g/mol. The molecule has 0 aliphatic carbocycles. The SMILES string of the molecule is Cc1ccc2c(N3CCCC3C(N)=O)nc(-c3ccccc3O)nc2c1. The number of amides is 1. The number of phenolic OH excluding ortho intramolecular Hbond substituents is 1. The second-order valence-corrected chi connectivity index (χ2v) is 6.66. The van der Waals surface area contributed by atoms with Crippen molar-refractivity contribution in [3.8, 4) is 17.1 Å². The maximum Gasteiger partial charge on any atom is 0.240 e. The Hall–Kier alpha value is -3.15. The Morgan fingerprint density at radius 3 is 2.81 bits per heavy atom. The number of hydrogen-bond acceptors (Lipinski definition) is 5. The number of nitrogens with two attached hydrogens (primary N) is 1. The van der Waals surface area contributed by atoms with Crippen LogP contribution in [0.2, 0.25) is 0 Å². The van der Waals surface area contributed by atoms with E-state index in [1.54, 1.807) is 18.2 Å². The number of fused-ring (bicyclic) bond motifs is 1. The molecule has 0 saturated carbocycles. The van der Waals surface area contributed by atoms with Crippen LogP contribution in [-0.4, -0.2) is 33.6 Å². The van der Waals surface area contributed by atoms with Gasteiger partial charge in [-0.05, 0) is 49.6 Å². The zero-order valence-electron chi connectivity index (χ0n) is 14.5. The minimum Gasteiger partial charge on any atom is -0.507 e. The van der Waals surface area contributed by atoms with Gasteiger partial charge in [0.05, 0.1) is 11.1 Å². The summed E-state index contributed by atoms with van der Waals surface area (Å²) >= 11 is 0. The fraction of sp³-hybridized carbons (Fsp3) is 0.250. The monoisotopic (exact) mass is 348 g/mol. The molecular formula is C20H20N4O2. The lowest BCUT2D eigenvalue weighted by Crippen LogP contribution is -2.40.